The van der Waals surface area contributed by atoms with E-state index in [0.717, 1.165) is 22.5 Å². The third kappa shape index (κ3) is 2.29. The van der Waals surface area contributed by atoms with E-state index in [0.29, 0.717) is 17.4 Å². The molecule has 0 saturated carbocycles. The third-order valence-corrected chi connectivity index (χ3v) is 3.32. The number of aromatic nitrogens is 1. The van der Waals surface area contributed by atoms with Crippen molar-refractivity contribution in [2.45, 2.75) is 0 Å². The standard InChI is InChI=1S/C14H12ClN5/c15-11-4-2-1-3-9(11)14-10-5-6-17-7-12(10)19-13(20-16)8-18-14/h1-7H,8,16H2,(H,19,20). The summed E-state index contributed by atoms with van der Waals surface area (Å²) >= 11 is 6.27. The van der Waals surface area contributed by atoms with E-state index in [4.69, 9.17) is 17.4 Å². The van der Waals surface area contributed by atoms with Crippen molar-refractivity contribution < 1.29 is 0 Å². The zero-order valence-corrected chi connectivity index (χ0v) is 11.3. The lowest BCUT2D eigenvalue weighted by molar-refractivity contribution is 0.992. The van der Waals surface area contributed by atoms with E-state index in [9.17, 15) is 0 Å². The van der Waals surface area contributed by atoms with Crippen molar-refractivity contribution in [1.82, 2.24) is 10.4 Å². The van der Waals surface area contributed by atoms with E-state index in [1.807, 2.05) is 30.3 Å². The molecular formula is C14H12ClN5. The van der Waals surface area contributed by atoms with Crippen LogP contribution < -0.4 is 11.3 Å². The van der Waals surface area contributed by atoms with Gasteiger partial charge in [-0.15, -0.1) is 0 Å². The van der Waals surface area contributed by atoms with Crippen LogP contribution in [0, 0.1) is 0 Å². The lowest BCUT2D eigenvalue weighted by Crippen LogP contribution is -2.32. The number of fused-ring (bicyclic) bond motifs is 1. The Morgan fingerprint density at radius 1 is 1.15 bits per heavy atom. The van der Waals surface area contributed by atoms with Crippen molar-refractivity contribution in [1.29, 1.82) is 0 Å². The minimum Gasteiger partial charge on any atom is -0.310 e. The maximum Gasteiger partial charge on any atom is 0.138 e. The molecule has 1 aromatic heterocycles. The van der Waals surface area contributed by atoms with Crippen molar-refractivity contribution in [3.05, 3.63) is 58.9 Å². The summed E-state index contributed by atoms with van der Waals surface area (Å²) in [5.74, 6) is 6.03. The van der Waals surface area contributed by atoms with E-state index < -0.39 is 0 Å². The molecule has 1 aromatic carbocycles. The number of pyridine rings is 1. The largest absolute Gasteiger partial charge is 0.310 e. The van der Waals surface area contributed by atoms with Gasteiger partial charge in [-0.3, -0.25) is 9.98 Å². The zero-order chi connectivity index (χ0) is 13.9. The van der Waals surface area contributed by atoms with Crippen LogP contribution in [0.25, 0.3) is 0 Å². The highest BCUT2D eigenvalue weighted by Gasteiger charge is 2.17. The highest BCUT2D eigenvalue weighted by molar-refractivity contribution is 6.36. The number of amidine groups is 1. The number of nitrogens with zero attached hydrogens (tertiary/aromatic N) is 3. The molecule has 0 bridgehead atoms. The van der Waals surface area contributed by atoms with Crippen molar-refractivity contribution in [2.75, 3.05) is 6.54 Å². The number of rotatable bonds is 1. The summed E-state index contributed by atoms with van der Waals surface area (Å²) in [6.45, 7) is 0.367. The second kappa shape index (κ2) is 5.40. The lowest BCUT2D eigenvalue weighted by Gasteiger charge is -2.09. The number of nitrogens with two attached hydrogens (primary N) is 1. The number of nitrogens with one attached hydrogen (secondary N) is 1. The summed E-state index contributed by atoms with van der Waals surface area (Å²) in [5, 5.41) is 0.651. The SMILES string of the molecule is NNC1=Nc2cnccc2C(c2ccccc2Cl)=NC1. The van der Waals surface area contributed by atoms with Gasteiger partial charge < -0.3 is 5.43 Å². The molecule has 2 heterocycles. The molecule has 0 aliphatic carbocycles. The summed E-state index contributed by atoms with van der Waals surface area (Å²) in [6.07, 6.45) is 3.39. The quantitative estimate of drug-likeness (QED) is 0.622. The predicted molar refractivity (Wildman–Crippen MR) is 80.6 cm³/mol. The van der Waals surface area contributed by atoms with Gasteiger partial charge in [0.2, 0.25) is 0 Å². The fraction of sp³-hybridized carbons (Fsp3) is 0.0714. The number of halogens is 1. The number of benzene rings is 1. The summed E-state index contributed by atoms with van der Waals surface area (Å²) in [5.41, 5.74) is 5.82. The summed E-state index contributed by atoms with van der Waals surface area (Å²) in [4.78, 5) is 13.1. The van der Waals surface area contributed by atoms with Crippen LogP contribution in [-0.4, -0.2) is 23.1 Å². The van der Waals surface area contributed by atoms with E-state index in [1.165, 1.54) is 0 Å². The molecule has 0 saturated heterocycles. The summed E-state index contributed by atoms with van der Waals surface area (Å²) in [7, 11) is 0. The molecular weight excluding hydrogens is 274 g/mol. The Bertz CT molecular complexity index is 708. The van der Waals surface area contributed by atoms with E-state index >= 15 is 0 Å². The summed E-state index contributed by atoms with van der Waals surface area (Å²) in [6, 6.07) is 9.47. The lowest BCUT2D eigenvalue weighted by atomic mass is 10.0. The average molecular weight is 286 g/mol. The van der Waals surface area contributed by atoms with Crippen molar-refractivity contribution in [3.8, 4) is 0 Å². The van der Waals surface area contributed by atoms with E-state index in [1.54, 1.807) is 12.4 Å². The number of hydrogen-bond donors (Lipinski definition) is 2. The van der Waals surface area contributed by atoms with Crippen LogP contribution in [0.2, 0.25) is 5.02 Å². The van der Waals surface area contributed by atoms with Crippen LogP contribution >= 0.6 is 11.6 Å². The molecule has 6 heteroatoms. The Morgan fingerprint density at radius 2 is 2.00 bits per heavy atom. The second-order valence-corrected chi connectivity index (χ2v) is 4.65. The molecule has 5 nitrogen and oxygen atoms in total. The second-order valence-electron chi connectivity index (χ2n) is 4.24. The molecule has 2 aromatic rings. The fourth-order valence-electron chi connectivity index (χ4n) is 2.06. The van der Waals surface area contributed by atoms with Gasteiger partial charge in [0.05, 0.1) is 24.1 Å². The maximum atomic E-state index is 6.27. The molecule has 0 spiro atoms. The van der Waals surface area contributed by atoms with Gasteiger partial charge in [-0.2, -0.15) is 0 Å². The van der Waals surface area contributed by atoms with Crippen molar-refractivity contribution >= 4 is 28.8 Å². The molecule has 100 valence electrons. The topological polar surface area (TPSA) is 75.7 Å². The average Bonchev–Trinajstić information content (AvgIpc) is 2.67. The predicted octanol–water partition coefficient (Wildman–Crippen LogP) is 2.08. The smallest absolute Gasteiger partial charge is 0.138 e. The molecule has 0 fully saturated rings. The van der Waals surface area contributed by atoms with Gasteiger partial charge in [-0.25, -0.2) is 10.8 Å². The van der Waals surface area contributed by atoms with Crippen molar-refractivity contribution in [2.24, 2.45) is 15.8 Å². The summed E-state index contributed by atoms with van der Waals surface area (Å²) < 4.78 is 0. The fourth-order valence-corrected chi connectivity index (χ4v) is 2.28. The molecule has 1 aliphatic heterocycles. The number of hydrazine groups is 1. The Kier molecular flexibility index (Phi) is 3.45. The van der Waals surface area contributed by atoms with Gasteiger partial charge >= 0.3 is 0 Å². The normalized spacial score (nSPS) is 13.9. The molecule has 3 N–H and O–H groups in total. The van der Waals surface area contributed by atoms with Crippen molar-refractivity contribution in [3.63, 3.8) is 0 Å². The first kappa shape index (κ1) is 12.8. The molecule has 0 amide bonds. The Hall–Kier alpha value is -2.24. The van der Waals surface area contributed by atoms with Crippen LogP contribution in [0.1, 0.15) is 11.1 Å². The van der Waals surface area contributed by atoms with Gasteiger partial charge in [0.25, 0.3) is 0 Å². The molecule has 1 aliphatic rings. The third-order valence-electron chi connectivity index (χ3n) is 2.99. The van der Waals surface area contributed by atoms with Crippen LogP contribution in [0.5, 0.6) is 0 Å². The number of aliphatic imine (C=N–C) groups is 2. The first-order chi connectivity index (χ1) is 9.79. The van der Waals surface area contributed by atoms with E-state index in [-0.39, 0.29) is 0 Å². The first-order valence-corrected chi connectivity index (χ1v) is 6.45. The van der Waals surface area contributed by atoms with Gasteiger partial charge in [0.1, 0.15) is 5.84 Å². The Labute approximate surface area is 121 Å². The van der Waals surface area contributed by atoms with E-state index in [2.05, 4.69) is 20.4 Å². The maximum absolute atomic E-state index is 6.27. The molecule has 3 rings (SSSR count). The van der Waals surface area contributed by atoms with Crippen LogP contribution in [0.15, 0.2) is 52.7 Å². The Morgan fingerprint density at radius 3 is 2.80 bits per heavy atom. The first-order valence-electron chi connectivity index (χ1n) is 6.07. The van der Waals surface area contributed by atoms with Gasteiger partial charge in [-0.05, 0) is 12.1 Å². The monoisotopic (exact) mass is 285 g/mol. The van der Waals surface area contributed by atoms with Gasteiger partial charge in [-0.1, -0.05) is 29.8 Å². The highest BCUT2D eigenvalue weighted by Crippen LogP contribution is 2.27. The minimum atomic E-state index is 0.367. The zero-order valence-electron chi connectivity index (χ0n) is 10.5. The molecule has 0 radical (unpaired) electrons. The molecule has 0 unspecified atom stereocenters. The number of hydrogen-bond acceptors (Lipinski definition) is 5. The molecule has 0 atom stereocenters. The van der Waals surface area contributed by atoms with Gasteiger partial charge in [0, 0.05) is 22.3 Å². The molecule has 20 heavy (non-hydrogen) atoms. The minimum absolute atomic E-state index is 0.367. The van der Waals surface area contributed by atoms with Crippen LogP contribution in [0.3, 0.4) is 0 Å². The van der Waals surface area contributed by atoms with Crippen LogP contribution in [-0.2, 0) is 0 Å². The highest BCUT2D eigenvalue weighted by atomic mass is 35.5. The van der Waals surface area contributed by atoms with Gasteiger partial charge in [0.15, 0.2) is 0 Å². The van der Waals surface area contributed by atoms with Crippen LogP contribution in [0.4, 0.5) is 5.69 Å². The Balaban J connectivity index is 2.19.